The van der Waals surface area contributed by atoms with Crippen LogP contribution in [0.4, 0.5) is 4.79 Å². The summed E-state index contributed by atoms with van der Waals surface area (Å²) >= 11 is 0. The molecule has 2 N–H and O–H groups in total. The van der Waals surface area contributed by atoms with Gasteiger partial charge in [0, 0.05) is 44.9 Å². The van der Waals surface area contributed by atoms with E-state index in [-0.39, 0.29) is 23.8 Å². The first-order chi connectivity index (χ1) is 11.6. The summed E-state index contributed by atoms with van der Waals surface area (Å²) in [5, 5.41) is 12.4. The van der Waals surface area contributed by atoms with Crippen LogP contribution in [0.2, 0.25) is 0 Å². The van der Waals surface area contributed by atoms with Crippen LogP contribution in [0.1, 0.15) is 23.2 Å². The number of nitrogens with one attached hydrogen (secondary N) is 1. The highest BCUT2D eigenvalue weighted by atomic mass is 16.5. The van der Waals surface area contributed by atoms with E-state index in [4.69, 9.17) is 4.74 Å². The second-order valence-corrected chi connectivity index (χ2v) is 6.15. The summed E-state index contributed by atoms with van der Waals surface area (Å²) in [5.41, 5.74) is 0.464. The van der Waals surface area contributed by atoms with Crippen molar-refractivity contribution in [3.05, 3.63) is 29.8 Å². The molecule has 2 aliphatic heterocycles. The van der Waals surface area contributed by atoms with Gasteiger partial charge in [0.25, 0.3) is 5.91 Å². The summed E-state index contributed by atoms with van der Waals surface area (Å²) < 4.78 is 5.49. The first kappa shape index (κ1) is 16.6. The predicted molar refractivity (Wildman–Crippen MR) is 88.0 cm³/mol. The summed E-state index contributed by atoms with van der Waals surface area (Å²) in [5.74, 6) is -0.0432. The van der Waals surface area contributed by atoms with E-state index in [1.165, 1.54) is 12.1 Å². The number of nitrogens with zero attached hydrogens (tertiary/aromatic N) is 2. The minimum absolute atomic E-state index is 0.0768. The van der Waals surface area contributed by atoms with Crippen LogP contribution in [-0.4, -0.2) is 72.3 Å². The largest absolute Gasteiger partial charge is 0.508 e. The Bertz CT molecular complexity index is 593. The molecular weight excluding hydrogens is 310 g/mol. The molecule has 130 valence electrons. The van der Waals surface area contributed by atoms with Crippen LogP contribution in [0.5, 0.6) is 5.75 Å². The van der Waals surface area contributed by atoms with Gasteiger partial charge in [0.15, 0.2) is 0 Å². The van der Waals surface area contributed by atoms with E-state index in [1.807, 2.05) is 0 Å². The molecule has 0 spiro atoms. The highest BCUT2D eigenvalue weighted by Crippen LogP contribution is 2.15. The lowest BCUT2D eigenvalue weighted by atomic mass is 10.1. The standard InChI is InChI=1S/C17H23N3O4/c21-14-4-1-3-13(11-14)16(22)19-6-8-20(9-7-19)17(23)18-12-15-5-2-10-24-15/h1,3-4,11,15,21H,2,5-10,12H2,(H,18,23). The normalized spacial score (nSPS) is 20.9. The van der Waals surface area contributed by atoms with Crippen LogP contribution in [0.25, 0.3) is 0 Å². The molecular formula is C17H23N3O4. The van der Waals surface area contributed by atoms with Crippen LogP contribution < -0.4 is 5.32 Å². The highest BCUT2D eigenvalue weighted by molar-refractivity contribution is 5.94. The fourth-order valence-corrected chi connectivity index (χ4v) is 3.05. The van der Waals surface area contributed by atoms with E-state index >= 15 is 0 Å². The quantitative estimate of drug-likeness (QED) is 0.866. The molecule has 1 aromatic carbocycles. The second kappa shape index (κ2) is 7.53. The van der Waals surface area contributed by atoms with E-state index in [9.17, 15) is 14.7 Å². The lowest BCUT2D eigenvalue weighted by molar-refractivity contribution is 0.0659. The van der Waals surface area contributed by atoms with E-state index in [0.29, 0.717) is 38.3 Å². The van der Waals surface area contributed by atoms with Gasteiger partial charge < -0.3 is 25.0 Å². The summed E-state index contributed by atoms with van der Waals surface area (Å²) in [6, 6.07) is 6.23. The van der Waals surface area contributed by atoms with Crippen molar-refractivity contribution in [1.82, 2.24) is 15.1 Å². The molecule has 1 aromatic rings. The van der Waals surface area contributed by atoms with Crippen LogP contribution in [0, 0.1) is 0 Å². The number of urea groups is 1. The number of ether oxygens (including phenoxy) is 1. The van der Waals surface area contributed by atoms with Gasteiger partial charge in [-0.05, 0) is 31.0 Å². The van der Waals surface area contributed by atoms with Crippen molar-refractivity contribution in [2.24, 2.45) is 0 Å². The van der Waals surface area contributed by atoms with Gasteiger partial charge in [-0.1, -0.05) is 6.07 Å². The van der Waals surface area contributed by atoms with Crippen molar-refractivity contribution in [3.63, 3.8) is 0 Å². The van der Waals surface area contributed by atoms with Crippen molar-refractivity contribution in [3.8, 4) is 5.75 Å². The van der Waals surface area contributed by atoms with Gasteiger partial charge in [0.1, 0.15) is 5.75 Å². The first-order valence-electron chi connectivity index (χ1n) is 8.36. The molecule has 3 rings (SSSR count). The van der Waals surface area contributed by atoms with Gasteiger partial charge >= 0.3 is 6.03 Å². The van der Waals surface area contributed by atoms with Gasteiger partial charge in [-0.2, -0.15) is 0 Å². The van der Waals surface area contributed by atoms with Gasteiger partial charge in [0.2, 0.25) is 0 Å². The fourth-order valence-electron chi connectivity index (χ4n) is 3.05. The number of piperazine rings is 1. The van der Waals surface area contributed by atoms with E-state index in [1.54, 1.807) is 21.9 Å². The van der Waals surface area contributed by atoms with Crippen LogP contribution in [0.3, 0.4) is 0 Å². The molecule has 2 fully saturated rings. The Kier molecular flexibility index (Phi) is 5.20. The maximum atomic E-state index is 12.4. The number of hydrogen-bond acceptors (Lipinski definition) is 4. The van der Waals surface area contributed by atoms with E-state index < -0.39 is 0 Å². The average molecular weight is 333 g/mol. The zero-order valence-electron chi connectivity index (χ0n) is 13.6. The number of phenolic OH excluding ortho intramolecular Hbond substituents is 1. The Hall–Kier alpha value is -2.28. The SMILES string of the molecule is O=C(NCC1CCCO1)N1CCN(C(=O)c2cccc(O)c2)CC1. The average Bonchev–Trinajstić information content (AvgIpc) is 3.13. The maximum absolute atomic E-state index is 12.4. The third-order valence-corrected chi connectivity index (χ3v) is 4.45. The first-order valence-corrected chi connectivity index (χ1v) is 8.36. The second-order valence-electron chi connectivity index (χ2n) is 6.15. The van der Waals surface area contributed by atoms with Gasteiger partial charge in [-0.15, -0.1) is 0 Å². The monoisotopic (exact) mass is 333 g/mol. The number of phenols is 1. The summed E-state index contributed by atoms with van der Waals surface area (Å²) in [6.07, 6.45) is 2.17. The zero-order valence-corrected chi connectivity index (χ0v) is 13.6. The topological polar surface area (TPSA) is 82.1 Å². The third kappa shape index (κ3) is 3.97. The lowest BCUT2D eigenvalue weighted by Gasteiger charge is -2.35. The van der Waals surface area contributed by atoms with Gasteiger partial charge in [0.05, 0.1) is 6.10 Å². The van der Waals surface area contributed by atoms with Crippen molar-refractivity contribution in [2.45, 2.75) is 18.9 Å². The Morgan fingerprint density at radius 2 is 1.96 bits per heavy atom. The summed E-state index contributed by atoms with van der Waals surface area (Å²) in [4.78, 5) is 28.0. The maximum Gasteiger partial charge on any atom is 0.317 e. The number of carbonyl (C=O) groups excluding carboxylic acids is 2. The zero-order chi connectivity index (χ0) is 16.9. The van der Waals surface area contributed by atoms with Crippen molar-refractivity contribution in [1.29, 1.82) is 0 Å². The lowest BCUT2D eigenvalue weighted by Crippen LogP contribution is -2.53. The van der Waals surface area contributed by atoms with Crippen LogP contribution in [-0.2, 0) is 4.74 Å². The van der Waals surface area contributed by atoms with Gasteiger partial charge in [-0.3, -0.25) is 4.79 Å². The predicted octanol–water partition coefficient (Wildman–Crippen LogP) is 1.04. The molecule has 24 heavy (non-hydrogen) atoms. The summed E-state index contributed by atoms with van der Waals surface area (Å²) in [7, 11) is 0. The molecule has 7 nitrogen and oxygen atoms in total. The Balaban J connectivity index is 1.46. The molecule has 7 heteroatoms. The molecule has 0 aliphatic carbocycles. The number of aromatic hydroxyl groups is 1. The van der Waals surface area contributed by atoms with Crippen molar-refractivity contribution in [2.75, 3.05) is 39.3 Å². The summed E-state index contributed by atoms with van der Waals surface area (Å²) in [6.45, 7) is 3.30. The Morgan fingerprint density at radius 3 is 2.62 bits per heavy atom. The molecule has 1 unspecified atom stereocenters. The van der Waals surface area contributed by atoms with E-state index in [2.05, 4.69) is 5.32 Å². The van der Waals surface area contributed by atoms with Gasteiger partial charge in [-0.25, -0.2) is 4.79 Å². The molecule has 2 heterocycles. The molecule has 0 aromatic heterocycles. The minimum atomic E-state index is -0.120. The van der Waals surface area contributed by atoms with Crippen molar-refractivity contribution < 1.29 is 19.4 Å². The highest BCUT2D eigenvalue weighted by Gasteiger charge is 2.25. The minimum Gasteiger partial charge on any atom is -0.508 e. The molecule has 0 bridgehead atoms. The number of carbonyl (C=O) groups is 2. The third-order valence-electron chi connectivity index (χ3n) is 4.45. The number of hydrogen-bond donors (Lipinski definition) is 2. The molecule has 2 aliphatic rings. The van der Waals surface area contributed by atoms with Crippen molar-refractivity contribution >= 4 is 11.9 Å². The molecule has 0 saturated carbocycles. The Labute approximate surface area is 141 Å². The molecule has 1 atom stereocenters. The molecule has 2 saturated heterocycles. The van der Waals surface area contributed by atoms with Crippen LogP contribution >= 0.6 is 0 Å². The number of rotatable bonds is 3. The van der Waals surface area contributed by atoms with E-state index in [0.717, 1.165) is 19.4 Å². The number of amides is 3. The fraction of sp³-hybridized carbons (Fsp3) is 0.529. The smallest absolute Gasteiger partial charge is 0.317 e. The number of benzene rings is 1. The Morgan fingerprint density at radius 1 is 1.21 bits per heavy atom. The molecule has 3 amide bonds. The molecule has 0 radical (unpaired) electrons. The van der Waals surface area contributed by atoms with Crippen LogP contribution in [0.15, 0.2) is 24.3 Å².